The number of rotatable bonds is 5. The molecule has 1 heterocycles. The zero-order chi connectivity index (χ0) is 11.3. The van der Waals surface area contributed by atoms with Crippen LogP contribution in [-0.4, -0.2) is 23.1 Å². The summed E-state index contributed by atoms with van der Waals surface area (Å²) in [4.78, 5) is 7.94. The topological polar surface area (TPSA) is 87.0 Å². The average Bonchev–Trinajstić information content (AvgIpc) is 2.19. The highest BCUT2D eigenvalue weighted by Crippen LogP contribution is 2.17. The number of halogens is 2. The van der Waals surface area contributed by atoms with Gasteiger partial charge in [-0.05, 0) is 26.2 Å². The first-order valence-electron chi connectivity index (χ1n) is 5.04. The Morgan fingerprint density at radius 1 is 1.41 bits per heavy atom. The van der Waals surface area contributed by atoms with Gasteiger partial charge >= 0.3 is 0 Å². The van der Waals surface area contributed by atoms with Crippen LogP contribution in [0.1, 0.15) is 25.3 Å². The van der Waals surface area contributed by atoms with Crippen LogP contribution in [0.3, 0.4) is 0 Å². The fourth-order valence-corrected chi connectivity index (χ4v) is 1.37. The molecule has 100 valence electrons. The fraction of sp³-hybridized carbons (Fsp3) is 0.600. The van der Waals surface area contributed by atoms with Gasteiger partial charge in [-0.2, -0.15) is 4.98 Å². The number of ether oxygens (including phenoxy) is 1. The number of hydrogen-bond acceptors (Lipinski definition) is 5. The van der Waals surface area contributed by atoms with Crippen molar-refractivity contribution in [2.75, 3.05) is 12.8 Å². The second kappa shape index (κ2) is 9.27. The van der Waals surface area contributed by atoms with Gasteiger partial charge in [-0.15, -0.1) is 24.8 Å². The molecule has 17 heavy (non-hydrogen) atoms. The van der Waals surface area contributed by atoms with Gasteiger partial charge in [0.25, 0.3) is 0 Å². The van der Waals surface area contributed by atoms with E-state index in [1.54, 1.807) is 13.3 Å². The van der Waals surface area contributed by atoms with Crippen molar-refractivity contribution in [3.05, 3.63) is 11.8 Å². The molecule has 0 aliphatic heterocycles. The average molecular weight is 283 g/mol. The van der Waals surface area contributed by atoms with Crippen LogP contribution in [-0.2, 0) is 6.42 Å². The van der Waals surface area contributed by atoms with Gasteiger partial charge in [0.05, 0.1) is 7.11 Å². The van der Waals surface area contributed by atoms with Crippen molar-refractivity contribution in [3.8, 4) is 5.88 Å². The molecule has 0 bridgehead atoms. The zero-order valence-electron chi connectivity index (χ0n) is 10.0. The Bertz CT molecular complexity index is 323. The van der Waals surface area contributed by atoms with E-state index >= 15 is 0 Å². The van der Waals surface area contributed by atoms with Crippen LogP contribution >= 0.6 is 24.8 Å². The Morgan fingerprint density at radius 2 is 2.06 bits per heavy atom. The van der Waals surface area contributed by atoms with E-state index in [2.05, 4.69) is 9.97 Å². The fourth-order valence-electron chi connectivity index (χ4n) is 1.37. The molecule has 0 aliphatic rings. The quantitative estimate of drug-likeness (QED) is 0.856. The minimum atomic E-state index is 0. The molecule has 0 unspecified atom stereocenters. The van der Waals surface area contributed by atoms with Gasteiger partial charge in [0.1, 0.15) is 0 Å². The van der Waals surface area contributed by atoms with Crippen LogP contribution in [0, 0.1) is 0 Å². The van der Waals surface area contributed by atoms with E-state index in [-0.39, 0.29) is 36.8 Å². The van der Waals surface area contributed by atoms with E-state index in [0.29, 0.717) is 5.88 Å². The lowest BCUT2D eigenvalue weighted by molar-refractivity contribution is 0.391. The van der Waals surface area contributed by atoms with Crippen LogP contribution in [0.25, 0.3) is 0 Å². The number of nitrogens with zero attached hydrogens (tertiary/aromatic N) is 2. The maximum absolute atomic E-state index is 5.67. The summed E-state index contributed by atoms with van der Waals surface area (Å²) in [5, 5.41) is 0. The Labute approximate surface area is 114 Å². The van der Waals surface area contributed by atoms with Gasteiger partial charge in [-0.25, -0.2) is 4.98 Å². The molecule has 1 atom stereocenters. The predicted octanol–water partition coefficient (Wildman–Crippen LogP) is 1.58. The molecule has 4 N–H and O–H groups in total. The number of aryl methyl sites for hydroxylation is 1. The molecule has 1 aromatic heterocycles. The number of anilines is 1. The highest BCUT2D eigenvalue weighted by atomic mass is 35.5. The smallest absolute Gasteiger partial charge is 0.223 e. The lowest BCUT2D eigenvalue weighted by Crippen LogP contribution is -2.14. The molecule has 0 spiro atoms. The van der Waals surface area contributed by atoms with Crippen LogP contribution < -0.4 is 16.2 Å². The third-order valence-electron chi connectivity index (χ3n) is 2.14. The van der Waals surface area contributed by atoms with Gasteiger partial charge in [0.15, 0.2) is 0 Å². The SMILES string of the molecule is COc1nc(N)ncc1CCC[C@H](C)N.Cl.Cl. The lowest BCUT2D eigenvalue weighted by atomic mass is 10.1. The van der Waals surface area contributed by atoms with E-state index in [1.807, 2.05) is 6.92 Å². The standard InChI is InChI=1S/C10H18N4O.2ClH/c1-7(11)4-3-5-8-6-13-10(12)14-9(8)15-2;;/h6-7H,3-5,11H2,1-2H3,(H2,12,13,14);2*1H/t7-;;/m0../s1. The highest BCUT2D eigenvalue weighted by Gasteiger charge is 2.06. The Balaban J connectivity index is 0. The molecule has 0 saturated carbocycles. The molecule has 0 fully saturated rings. The molecule has 0 radical (unpaired) electrons. The van der Waals surface area contributed by atoms with E-state index in [0.717, 1.165) is 24.8 Å². The van der Waals surface area contributed by atoms with Crippen LogP contribution in [0.15, 0.2) is 6.20 Å². The molecule has 5 nitrogen and oxygen atoms in total. The first-order chi connectivity index (χ1) is 7.13. The number of nitrogens with two attached hydrogens (primary N) is 2. The molecule has 7 heteroatoms. The second-order valence-corrected chi connectivity index (χ2v) is 3.63. The van der Waals surface area contributed by atoms with E-state index in [1.165, 1.54) is 0 Å². The van der Waals surface area contributed by atoms with E-state index in [4.69, 9.17) is 16.2 Å². The van der Waals surface area contributed by atoms with Gasteiger partial charge in [0, 0.05) is 17.8 Å². The van der Waals surface area contributed by atoms with Crippen molar-refractivity contribution in [2.24, 2.45) is 5.73 Å². The number of methoxy groups -OCH3 is 1. The largest absolute Gasteiger partial charge is 0.481 e. The highest BCUT2D eigenvalue weighted by molar-refractivity contribution is 5.85. The Hall–Kier alpha value is -0.780. The van der Waals surface area contributed by atoms with Crippen molar-refractivity contribution in [1.82, 2.24) is 9.97 Å². The molecular weight excluding hydrogens is 263 g/mol. The zero-order valence-corrected chi connectivity index (χ0v) is 11.7. The van der Waals surface area contributed by atoms with E-state index in [9.17, 15) is 0 Å². The van der Waals surface area contributed by atoms with Gasteiger partial charge in [-0.3, -0.25) is 0 Å². The maximum Gasteiger partial charge on any atom is 0.223 e. The lowest BCUT2D eigenvalue weighted by Gasteiger charge is -2.08. The minimum Gasteiger partial charge on any atom is -0.481 e. The van der Waals surface area contributed by atoms with Gasteiger partial charge < -0.3 is 16.2 Å². The first kappa shape index (κ1) is 18.6. The molecule has 1 aromatic rings. The summed E-state index contributed by atoms with van der Waals surface area (Å²) in [6.07, 6.45) is 4.56. The third kappa shape index (κ3) is 6.51. The molecule has 0 saturated heterocycles. The van der Waals surface area contributed by atoms with E-state index < -0.39 is 0 Å². The molecular formula is C10H20Cl2N4O. The third-order valence-corrected chi connectivity index (χ3v) is 2.14. The molecule has 0 amide bonds. The van der Waals surface area contributed by atoms with Crippen LogP contribution in [0.4, 0.5) is 5.95 Å². The van der Waals surface area contributed by atoms with Crippen molar-refractivity contribution in [1.29, 1.82) is 0 Å². The van der Waals surface area contributed by atoms with Crippen molar-refractivity contribution in [3.63, 3.8) is 0 Å². The summed E-state index contributed by atoms with van der Waals surface area (Å²) in [5.41, 5.74) is 12.1. The Morgan fingerprint density at radius 3 is 2.59 bits per heavy atom. The number of nitrogen functional groups attached to an aromatic ring is 1. The molecule has 1 rings (SSSR count). The van der Waals surface area contributed by atoms with Crippen molar-refractivity contribution < 1.29 is 4.74 Å². The van der Waals surface area contributed by atoms with Crippen molar-refractivity contribution in [2.45, 2.75) is 32.2 Å². The van der Waals surface area contributed by atoms with Crippen LogP contribution in [0.5, 0.6) is 5.88 Å². The van der Waals surface area contributed by atoms with Gasteiger partial charge in [0.2, 0.25) is 11.8 Å². The minimum absolute atomic E-state index is 0. The molecule has 0 aliphatic carbocycles. The first-order valence-corrected chi connectivity index (χ1v) is 5.04. The summed E-state index contributed by atoms with van der Waals surface area (Å²) < 4.78 is 5.12. The normalized spacial score (nSPS) is 11.0. The number of hydrogen-bond donors (Lipinski definition) is 2. The summed E-state index contributed by atoms with van der Waals surface area (Å²) >= 11 is 0. The maximum atomic E-state index is 5.67. The summed E-state index contributed by atoms with van der Waals surface area (Å²) in [7, 11) is 1.58. The number of aromatic nitrogens is 2. The predicted molar refractivity (Wildman–Crippen MR) is 74.1 cm³/mol. The summed E-state index contributed by atoms with van der Waals surface area (Å²) in [6.45, 7) is 2.00. The van der Waals surface area contributed by atoms with Crippen LogP contribution in [0.2, 0.25) is 0 Å². The second-order valence-electron chi connectivity index (χ2n) is 3.63. The van der Waals surface area contributed by atoms with Crippen molar-refractivity contribution >= 4 is 30.8 Å². The Kier molecular flexibility index (Phi) is 10.1. The van der Waals surface area contributed by atoms with Gasteiger partial charge in [-0.1, -0.05) is 0 Å². The summed E-state index contributed by atoms with van der Waals surface area (Å²) in [6, 6.07) is 0.227. The molecule has 0 aromatic carbocycles. The monoisotopic (exact) mass is 282 g/mol. The summed E-state index contributed by atoms with van der Waals surface area (Å²) in [5.74, 6) is 0.801.